The third-order valence-electron chi connectivity index (χ3n) is 6.56. The van der Waals surface area contributed by atoms with Gasteiger partial charge in [-0.25, -0.2) is 4.68 Å². The zero-order valence-corrected chi connectivity index (χ0v) is 21.4. The number of aliphatic hydroxyl groups excluding tert-OH is 4. The fraction of sp³-hybridized carbons (Fsp3) is 0.750. The lowest BCUT2D eigenvalue weighted by Gasteiger charge is -2.33. The Morgan fingerprint density at radius 3 is 2.59 bits per heavy atom. The highest BCUT2D eigenvalue weighted by atomic mass is 35.5. The van der Waals surface area contributed by atoms with Gasteiger partial charge in [-0.05, 0) is 24.4 Å². The molecular formula is C20H31ClN5O10P. The molecule has 0 bridgehead atoms. The molecule has 2 fully saturated rings. The number of anilines is 1. The summed E-state index contributed by atoms with van der Waals surface area (Å²) < 4.78 is 29.4. The smallest absolute Gasteiger partial charge is 0.361 e. The molecule has 1 saturated heterocycles. The molecule has 1 aliphatic carbocycles. The molecule has 208 valence electrons. The van der Waals surface area contributed by atoms with Crippen LogP contribution in [0.15, 0.2) is 6.20 Å². The second kappa shape index (κ2) is 11.7. The first-order valence-corrected chi connectivity index (χ1v) is 13.8. The Labute approximate surface area is 216 Å². The van der Waals surface area contributed by atoms with Crippen LogP contribution in [0.5, 0.6) is 0 Å². The molecule has 1 aliphatic heterocycles. The molecule has 3 heterocycles. The first-order chi connectivity index (χ1) is 17.6. The van der Waals surface area contributed by atoms with E-state index in [0.717, 1.165) is 25.7 Å². The molecule has 2 aliphatic rings. The van der Waals surface area contributed by atoms with Crippen LogP contribution in [0.2, 0.25) is 5.28 Å². The minimum atomic E-state index is -5.09. The topological polar surface area (TPSA) is 222 Å². The van der Waals surface area contributed by atoms with E-state index in [4.69, 9.17) is 30.9 Å². The van der Waals surface area contributed by atoms with Gasteiger partial charge in [-0.3, -0.25) is 4.57 Å². The third-order valence-corrected chi connectivity index (χ3v) is 8.19. The molecule has 0 aromatic carbocycles. The monoisotopic (exact) mass is 567 g/mol. The maximum Gasteiger partial charge on any atom is 0.361 e. The predicted octanol–water partition coefficient (Wildman–Crippen LogP) is -0.655. The van der Waals surface area contributed by atoms with Crippen LogP contribution in [0.3, 0.4) is 0 Å². The van der Waals surface area contributed by atoms with Crippen LogP contribution in [-0.4, -0.2) is 113 Å². The maximum atomic E-state index is 12.1. The highest BCUT2D eigenvalue weighted by Crippen LogP contribution is 2.51. The maximum absolute atomic E-state index is 12.1. The summed E-state index contributed by atoms with van der Waals surface area (Å²) in [5.74, 6) is 0.485. The predicted molar refractivity (Wildman–Crippen MR) is 128 cm³/mol. The molecule has 7 N–H and O–H groups in total. The van der Waals surface area contributed by atoms with Crippen LogP contribution in [0, 0.1) is 0 Å². The number of aliphatic hydroxyl groups is 4. The second-order valence-corrected chi connectivity index (χ2v) is 11.3. The summed E-state index contributed by atoms with van der Waals surface area (Å²) in [7, 11) is -5.09. The van der Waals surface area contributed by atoms with E-state index < -0.39 is 63.9 Å². The van der Waals surface area contributed by atoms with Gasteiger partial charge in [0.1, 0.15) is 24.1 Å². The molecule has 15 nitrogen and oxygen atoms in total. The fourth-order valence-corrected chi connectivity index (χ4v) is 5.31. The van der Waals surface area contributed by atoms with Crippen molar-refractivity contribution in [1.29, 1.82) is 0 Å². The number of nitrogens with one attached hydrogen (secondary N) is 1. The molecule has 4 rings (SSSR count). The summed E-state index contributed by atoms with van der Waals surface area (Å²) in [5, 5.41) is 45.5. The molecule has 0 amide bonds. The lowest BCUT2D eigenvalue weighted by molar-refractivity contribution is -0.130. The summed E-state index contributed by atoms with van der Waals surface area (Å²) in [6.07, 6.45) is 0.127. The number of ether oxygens (including phenoxy) is 3. The average molecular weight is 568 g/mol. The van der Waals surface area contributed by atoms with E-state index >= 15 is 0 Å². The van der Waals surface area contributed by atoms with Crippen molar-refractivity contribution in [3.8, 4) is 0 Å². The number of hydrogen-bond donors (Lipinski definition) is 7. The molecule has 2 aromatic rings. The fourth-order valence-electron chi connectivity index (χ4n) is 4.45. The summed E-state index contributed by atoms with van der Waals surface area (Å²) >= 11 is 6.15. The minimum Gasteiger partial charge on any atom is -0.394 e. The molecule has 1 saturated carbocycles. The highest BCUT2D eigenvalue weighted by molar-refractivity contribution is 7.53. The standard InChI is InChI=1S/C20H31ClN5O10P/c21-19-24-16(23-11-3-1-2-4-11)12-7-22-26(17(12)25-19)18-15(30)14(29)13(36-18)8-35-20(9-28,37(31,32)33)10-34-6-5-27/h7,11,13-15,18,27-30H,1-6,8-10H2,(H,23,24,25)(H2,31,32,33)/t13-,14-,15-,18-,20?/m1/s1. The lowest BCUT2D eigenvalue weighted by atomic mass is 10.1. The van der Waals surface area contributed by atoms with Crippen LogP contribution in [0.4, 0.5) is 5.82 Å². The van der Waals surface area contributed by atoms with Gasteiger partial charge < -0.3 is 49.7 Å². The Kier molecular flexibility index (Phi) is 9.03. The average Bonchev–Trinajstić information content (AvgIpc) is 3.57. The van der Waals surface area contributed by atoms with Crippen molar-refractivity contribution in [2.45, 2.75) is 61.6 Å². The highest BCUT2D eigenvalue weighted by Gasteiger charge is 2.51. The Balaban J connectivity index is 1.53. The minimum absolute atomic E-state index is 0.0556. The molecule has 2 aromatic heterocycles. The number of aromatic nitrogens is 4. The van der Waals surface area contributed by atoms with E-state index in [1.54, 1.807) is 0 Å². The van der Waals surface area contributed by atoms with Gasteiger partial charge in [0.15, 0.2) is 11.9 Å². The van der Waals surface area contributed by atoms with Gasteiger partial charge in [0, 0.05) is 6.04 Å². The number of fused-ring (bicyclic) bond motifs is 1. The Morgan fingerprint density at radius 1 is 1.22 bits per heavy atom. The van der Waals surface area contributed by atoms with Gasteiger partial charge in [0.05, 0.1) is 44.6 Å². The molecule has 0 spiro atoms. The molecular weight excluding hydrogens is 537 g/mol. The normalized spacial score (nSPS) is 26.7. The van der Waals surface area contributed by atoms with E-state index in [0.29, 0.717) is 11.2 Å². The first-order valence-electron chi connectivity index (χ1n) is 11.8. The van der Waals surface area contributed by atoms with Gasteiger partial charge in [-0.15, -0.1) is 0 Å². The second-order valence-electron chi connectivity index (χ2n) is 9.08. The summed E-state index contributed by atoms with van der Waals surface area (Å²) in [6, 6.07) is 0.233. The third kappa shape index (κ3) is 5.92. The Morgan fingerprint density at radius 2 is 1.95 bits per heavy atom. The molecule has 5 atom stereocenters. The van der Waals surface area contributed by atoms with Crippen molar-refractivity contribution in [3.05, 3.63) is 11.5 Å². The lowest BCUT2D eigenvalue weighted by Crippen LogP contribution is -2.45. The van der Waals surface area contributed by atoms with Gasteiger partial charge in [0.2, 0.25) is 10.6 Å². The summed E-state index contributed by atoms with van der Waals surface area (Å²) in [4.78, 5) is 28.0. The van der Waals surface area contributed by atoms with Crippen LogP contribution >= 0.6 is 19.2 Å². The number of nitrogens with zero attached hydrogens (tertiary/aromatic N) is 4. The van der Waals surface area contributed by atoms with E-state index in [1.165, 1.54) is 10.9 Å². The summed E-state index contributed by atoms with van der Waals surface area (Å²) in [5.41, 5.74) is 0.246. The zero-order chi connectivity index (χ0) is 26.8. The Hall–Kier alpha value is -1.49. The van der Waals surface area contributed by atoms with E-state index in [2.05, 4.69) is 20.4 Å². The quantitative estimate of drug-likeness (QED) is 0.0961. The molecule has 0 radical (unpaired) electrons. The van der Waals surface area contributed by atoms with Crippen molar-refractivity contribution in [3.63, 3.8) is 0 Å². The number of rotatable bonds is 12. The van der Waals surface area contributed by atoms with Gasteiger partial charge in [0.25, 0.3) is 0 Å². The van der Waals surface area contributed by atoms with Gasteiger partial charge in [-0.1, -0.05) is 12.8 Å². The van der Waals surface area contributed by atoms with E-state index in [-0.39, 0.29) is 23.6 Å². The van der Waals surface area contributed by atoms with Crippen LogP contribution in [-0.2, 0) is 18.8 Å². The molecule has 37 heavy (non-hydrogen) atoms. The van der Waals surface area contributed by atoms with Gasteiger partial charge in [-0.2, -0.15) is 15.1 Å². The van der Waals surface area contributed by atoms with Crippen molar-refractivity contribution in [2.75, 3.05) is 38.4 Å². The van der Waals surface area contributed by atoms with Gasteiger partial charge >= 0.3 is 7.60 Å². The number of hydrogen-bond acceptors (Lipinski definition) is 12. The van der Waals surface area contributed by atoms with Crippen molar-refractivity contribution >= 4 is 36.0 Å². The molecule has 1 unspecified atom stereocenters. The van der Waals surface area contributed by atoms with Crippen molar-refractivity contribution < 1.29 is 49.0 Å². The van der Waals surface area contributed by atoms with E-state index in [1.807, 2.05) is 0 Å². The van der Waals surface area contributed by atoms with E-state index in [9.17, 15) is 29.7 Å². The largest absolute Gasteiger partial charge is 0.394 e. The zero-order valence-electron chi connectivity index (χ0n) is 19.8. The Bertz CT molecular complexity index is 1110. The van der Waals surface area contributed by atoms with Crippen LogP contribution in [0.1, 0.15) is 31.9 Å². The first kappa shape index (κ1) is 28.5. The van der Waals surface area contributed by atoms with Crippen molar-refractivity contribution in [2.24, 2.45) is 0 Å². The van der Waals surface area contributed by atoms with Crippen LogP contribution in [0.25, 0.3) is 11.0 Å². The summed E-state index contributed by atoms with van der Waals surface area (Å²) in [6.45, 7) is -3.13. The molecule has 17 heteroatoms. The van der Waals surface area contributed by atoms with Crippen LogP contribution < -0.4 is 5.32 Å². The SMILES string of the molecule is O=P(O)(O)C(CO)(COCCO)OC[C@H]1O[C@@H](n2ncc3c(NC4CCCC4)nc(Cl)nc32)[C@H](O)[C@@H]1O. The number of halogens is 1. The van der Waals surface area contributed by atoms with Crippen molar-refractivity contribution in [1.82, 2.24) is 19.7 Å².